The summed E-state index contributed by atoms with van der Waals surface area (Å²) < 4.78 is 6.41. The van der Waals surface area contributed by atoms with E-state index < -0.39 is 17.7 Å². The van der Waals surface area contributed by atoms with Crippen molar-refractivity contribution < 1.29 is 19.1 Å². The van der Waals surface area contributed by atoms with Gasteiger partial charge in [-0.05, 0) is 30.3 Å². The maximum atomic E-state index is 12.2. The van der Waals surface area contributed by atoms with Crippen LogP contribution in [0.2, 0.25) is 0 Å². The lowest BCUT2D eigenvalue weighted by Crippen LogP contribution is -2.41. The SMILES string of the molecule is O=C(CN1C(=O)c2ccccc2C1=O)NCCOc1cccc(Br)c1. The van der Waals surface area contributed by atoms with Crippen LogP contribution in [-0.4, -0.2) is 42.3 Å². The molecule has 128 valence electrons. The average molecular weight is 403 g/mol. The number of carbonyl (C=O) groups excluding carboxylic acids is 3. The molecule has 3 rings (SSSR count). The highest BCUT2D eigenvalue weighted by atomic mass is 79.9. The summed E-state index contributed by atoms with van der Waals surface area (Å²) >= 11 is 3.35. The summed E-state index contributed by atoms with van der Waals surface area (Å²) in [5, 5.41) is 2.64. The van der Waals surface area contributed by atoms with Gasteiger partial charge in [0.15, 0.2) is 0 Å². The maximum absolute atomic E-state index is 12.2. The zero-order valence-corrected chi connectivity index (χ0v) is 14.8. The molecule has 7 heteroatoms. The van der Waals surface area contributed by atoms with Crippen LogP contribution in [0.1, 0.15) is 20.7 Å². The fourth-order valence-electron chi connectivity index (χ4n) is 2.50. The molecular weight excluding hydrogens is 388 g/mol. The number of halogens is 1. The molecule has 1 aliphatic heterocycles. The van der Waals surface area contributed by atoms with Crippen molar-refractivity contribution >= 4 is 33.7 Å². The van der Waals surface area contributed by atoms with Gasteiger partial charge in [-0.25, -0.2) is 0 Å². The Labute approximate surface area is 152 Å². The van der Waals surface area contributed by atoms with Gasteiger partial charge in [-0.1, -0.05) is 34.1 Å². The smallest absolute Gasteiger partial charge is 0.262 e. The van der Waals surface area contributed by atoms with Crippen LogP contribution in [-0.2, 0) is 4.79 Å². The number of ether oxygens (including phenoxy) is 1. The number of fused-ring (bicyclic) bond motifs is 1. The minimum Gasteiger partial charge on any atom is -0.492 e. The van der Waals surface area contributed by atoms with E-state index in [1.165, 1.54) is 0 Å². The first kappa shape index (κ1) is 17.2. The first-order valence-corrected chi connectivity index (χ1v) is 8.46. The fraction of sp³-hybridized carbons (Fsp3) is 0.167. The van der Waals surface area contributed by atoms with E-state index in [0.29, 0.717) is 16.9 Å². The molecule has 6 nitrogen and oxygen atoms in total. The number of hydrogen-bond donors (Lipinski definition) is 1. The summed E-state index contributed by atoms with van der Waals surface area (Å²) in [6, 6.07) is 13.9. The van der Waals surface area contributed by atoms with Crippen molar-refractivity contribution in [2.75, 3.05) is 19.7 Å². The number of carbonyl (C=O) groups is 3. The summed E-state index contributed by atoms with van der Waals surface area (Å²) in [7, 11) is 0. The molecular formula is C18H15BrN2O4. The molecule has 1 heterocycles. The van der Waals surface area contributed by atoms with Crippen molar-refractivity contribution in [3.63, 3.8) is 0 Å². The van der Waals surface area contributed by atoms with E-state index in [1.807, 2.05) is 24.3 Å². The molecule has 0 unspecified atom stereocenters. The lowest BCUT2D eigenvalue weighted by Gasteiger charge is -2.14. The van der Waals surface area contributed by atoms with Gasteiger partial charge in [0.05, 0.1) is 17.7 Å². The minimum atomic E-state index is -0.443. The second-order valence-electron chi connectivity index (χ2n) is 5.40. The van der Waals surface area contributed by atoms with E-state index in [2.05, 4.69) is 21.2 Å². The maximum Gasteiger partial charge on any atom is 0.262 e. The first-order chi connectivity index (χ1) is 12.1. The van der Waals surface area contributed by atoms with Gasteiger partial charge in [0.1, 0.15) is 18.9 Å². The van der Waals surface area contributed by atoms with Crippen molar-refractivity contribution in [3.8, 4) is 5.75 Å². The second kappa shape index (κ2) is 7.48. The van der Waals surface area contributed by atoms with Crippen molar-refractivity contribution in [1.82, 2.24) is 10.2 Å². The van der Waals surface area contributed by atoms with E-state index in [4.69, 9.17) is 4.74 Å². The molecule has 2 aromatic carbocycles. The molecule has 2 aromatic rings. The van der Waals surface area contributed by atoms with E-state index in [1.54, 1.807) is 24.3 Å². The molecule has 0 bridgehead atoms. The number of imide groups is 1. The fourth-order valence-corrected chi connectivity index (χ4v) is 2.88. The Morgan fingerprint density at radius 2 is 1.72 bits per heavy atom. The van der Waals surface area contributed by atoms with Crippen molar-refractivity contribution in [2.45, 2.75) is 0 Å². The Morgan fingerprint density at radius 3 is 2.36 bits per heavy atom. The summed E-state index contributed by atoms with van der Waals surface area (Å²) in [4.78, 5) is 37.3. The highest BCUT2D eigenvalue weighted by molar-refractivity contribution is 9.10. The molecule has 0 aliphatic carbocycles. The predicted molar refractivity (Wildman–Crippen MR) is 94.5 cm³/mol. The number of hydrogen-bond acceptors (Lipinski definition) is 4. The monoisotopic (exact) mass is 402 g/mol. The van der Waals surface area contributed by atoms with Gasteiger partial charge in [0.25, 0.3) is 11.8 Å². The van der Waals surface area contributed by atoms with Gasteiger partial charge >= 0.3 is 0 Å². The standard InChI is InChI=1S/C18H15BrN2O4/c19-12-4-3-5-13(10-12)25-9-8-20-16(22)11-21-17(23)14-6-1-2-7-15(14)18(21)24/h1-7,10H,8-9,11H2,(H,20,22). The predicted octanol–water partition coefficient (Wildman–Crippen LogP) is 2.24. The second-order valence-corrected chi connectivity index (χ2v) is 6.31. The quantitative estimate of drug-likeness (QED) is 0.593. The van der Waals surface area contributed by atoms with E-state index in [9.17, 15) is 14.4 Å². The highest BCUT2D eigenvalue weighted by Crippen LogP contribution is 2.22. The largest absolute Gasteiger partial charge is 0.492 e. The molecule has 0 radical (unpaired) electrons. The molecule has 0 spiro atoms. The third-order valence-electron chi connectivity index (χ3n) is 3.67. The summed E-state index contributed by atoms with van der Waals surface area (Å²) in [6.07, 6.45) is 0. The topological polar surface area (TPSA) is 75.7 Å². The zero-order chi connectivity index (χ0) is 17.8. The molecule has 0 aromatic heterocycles. The summed E-state index contributed by atoms with van der Waals surface area (Å²) in [5.74, 6) is -0.612. The van der Waals surface area contributed by atoms with E-state index in [-0.39, 0.29) is 19.7 Å². The van der Waals surface area contributed by atoms with Gasteiger partial charge in [0.2, 0.25) is 5.91 Å². The molecule has 0 fully saturated rings. The third kappa shape index (κ3) is 3.88. The van der Waals surface area contributed by atoms with Gasteiger partial charge < -0.3 is 10.1 Å². The zero-order valence-electron chi connectivity index (χ0n) is 13.2. The van der Waals surface area contributed by atoms with Crippen LogP contribution in [0.25, 0.3) is 0 Å². The van der Waals surface area contributed by atoms with Crippen molar-refractivity contribution in [1.29, 1.82) is 0 Å². The van der Waals surface area contributed by atoms with Crippen molar-refractivity contribution in [2.24, 2.45) is 0 Å². The Bertz CT molecular complexity index is 802. The summed E-state index contributed by atoms with van der Waals surface area (Å²) in [5.41, 5.74) is 0.663. The number of benzene rings is 2. The van der Waals surface area contributed by atoms with Gasteiger partial charge in [-0.2, -0.15) is 0 Å². The first-order valence-electron chi connectivity index (χ1n) is 7.66. The van der Waals surface area contributed by atoms with Crippen LogP contribution >= 0.6 is 15.9 Å². The average Bonchev–Trinajstić information content (AvgIpc) is 2.84. The highest BCUT2D eigenvalue weighted by Gasteiger charge is 2.36. The molecule has 0 saturated carbocycles. The molecule has 1 N–H and O–H groups in total. The number of amides is 3. The Kier molecular flexibility index (Phi) is 5.14. The van der Waals surface area contributed by atoms with Gasteiger partial charge in [0, 0.05) is 4.47 Å². The van der Waals surface area contributed by atoms with E-state index >= 15 is 0 Å². The third-order valence-corrected chi connectivity index (χ3v) is 4.16. The molecule has 1 aliphatic rings. The molecule has 0 atom stereocenters. The van der Waals surface area contributed by atoms with E-state index in [0.717, 1.165) is 9.37 Å². The van der Waals surface area contributed by atoms with Crippen LogP contribution in [0.4, 0.5) is 0 Å². The van der Waals surface area contributed by atoms with Crippen LogP contribution in [0.3, 0.4) is 0 Å². The Morgan fingerprint density at radius 1 is 1.04 bits per heavy atom. The lowest BCUT2D eigenvalue weighted by molar-refractivity contribution is -0.121. The number of rotatable bonds is 6. The Balaban J connectivity index is 1.47. The van der Waals surface area contributed by atoms with Crippen LogP contribution in [0.5, 0.6) is 5.75 Å². The van der Waals surface area contributed by atoms with Gasteiger partial charge in [-0.3, -0.25) is 19.3 Å². The Hall–Kier alpha value is -2.67. The minimum absolute atomic E-state index is 0.272. The molecule has 3 amide bonds. The summed E-state index contributed by atoms with van der Waals surface area (Å²) in [6.45, 7) is 0.252. The van der Waals surface area contributed by atoms with Crippen LogP contribution < -0.4 is 10.1 Å². The van der Waals surface area contributed by atoms with Crippen LogP contribution in [0.15, 0.2) is 53.0 Å². The number of nitrogens with zero attached hydrogens (tertiary/aromatic N) is 1. The van der Waals surface area contributed by atoms with Crippen LogP contribution in [0, 0.1) is 0 Å². The normalized spacial score (nSPS) is 12.9. The van der Waals surface area contributed by atoms with Crippen molar-refractivity contribution in [3.05, 3.63) is 64.1 Å². The lowest BCUT2D eigenvalue weighted by atomic mass is 10.1. The molecule has 0 saturated heterocycles. The number of nitrogens with one attached hydrogen (secondary N) is 1. The van der Waals surface area contributed by atoms with Gasteiger partial charge in [-0.15, -0.1) is 0 Å². The molecule has 25 heavy (non-hydrogen) atoms.